The van der Waals surface area contributed by atoms with Crippen LogP contribution in [-0.2, 0) is 0 Å². The van der Waals surface area contributed by atoms with Gasteiger partial charge in [-0.2, -0.15) is 0 Å². The third kappa shape index (κ3) is 3.68. The van der Waals surface area contributed by atoms with E-state index in [1.165, 1.54) is 11.3 Å². The van der Waals surface area contributed by atoms with Crippen LogP contribution < -0.4 is 4.74 Å². The first-order chi connectivity index (χ1) is 9.06. The van der Waals surface area contributed by atoms with E-state index in [-0.39, 0.29) is 0 Å². The van der Waals surface area contributed by atoms with Crippen molar-refractivity contribution in [3.05, 3.63) is 29.1 Å². The molecule has 1 N–H and O–H groups in total. The fraction of sp³-hybridized carbons (Fsp3) is 0.357. The van der Waals surface area contributed by atoms with Crippen LogP contribution in [0.1, 0.15) is 16.1 Å². The van der Waals surface area contributed by atoms with Crippen LogP contribution in [0.15, 0.2) is 24.3 Å². The van der Waals surface area contributed by atoms with E-state index in [2.05, 4.69) is 4.90 Å². The van der Waals surface area contributed by atoms with Gasteiger partial charge in [-0.3, -0.25) is 0 Å². The molecule has 0 aliphatic carbocycles. The first kappa shape index (κ1) is 13.8. The number of fused-ring (bicyclic) bond motifs is 1. The van der Waals surface area contributed by atoms with Crippen molar-refractivity contribution in [3.63, 3.8) is 0 Å². The number of carboxylic acids is 1. The molecule has 0 saturated heterocycles. The van der Waals surface area contributed by atoms with E-state index in [9.17, 15) is 4.79 Å². The predicted molar refractivity (Wildman–Crippen MR) is 77.5 cm³/mol. The van der Waals surface area contributed by atoms with E-state index in [0.29, 0.717) is 11.5 Å². The Bertz CT molecular complexity index is 577. The molecule has 5 heteroatoms. The molecule has 0 aliphatic heterocycles. The summed E-state index contributed by atoms with van der Waals surface area (Å²) >= 11 is 1.28. The van der Waals surface area contributed by atoms with Crippen LogP contribution in [0.4, 0.5) is 0 Å². The Morgan fingerprint density at radius 2 is 2.16 bits per heavy atom. The zero-order valence-electron chi connectivity index (χ0n) is 11.0. The number of hydrogen-bond donors (Lipinski definition) is 1. The largest absolute Gasteiger partial charge is 0.494 e. The molecule has 0 aliphatic rings. The van der Waals surface area contributed by atoms with E-state index in [1.54, 1.807) is 6.07 Å². The van der Waals surface area contributed by atoms with Crippen LogP contribution in [0.3, 0.4) is 0 Å². The number of ether oxygens (including phenoxy) is 1. The van der Waals surface area contributed by atoms with Gasteiger partial charge >= 0.3 is 5.97 Å². The Hall–Kier alpha value is -1.59. The van der Waals surface area contributed by atoms with Crippen LogP contribution in [0.2, 0.25) is 0 Å². The zero-order valence-corrected chi connectivity index (χ0v) is 11.9. The molecule has 0 unspecified atom stereocenters. The summed E-state index contributed by atoms with van der Waals surface area (Å²) in [6, 6.07) is 7.39. The van der Waals surface area contributed by atoms with Crippen molar-refractivity contribution in [2.75, 3.05) is 27.2 Å². The molecule has 0 radical (unpaired) electrons. The molecule has 1 aromatic heterocycles. The maximum atomic E-state index is 10.9. The van der Waals surface area contributed by atoms with Crippen molar-refractivity contribution in [1.82, 2.24) is 4.90 Å². The first-order valence-corrected chi connectivity index (χ1v) is 6.92. The van der Waals surface area contributed by atoms with Crippen molar-refractivity contribution < 1.29 is 14.6 Å². The molecule has 0 amide bonds. The van der Waals surface area contributed by atoms with Crippen molar-refractivity contribution in [3.8, 4) is 5.75 Å². The maximum Gasteiger partial charge on any atom is 0.345 e. The summed E-state index contributed by atoms with van der Waals surface area (Å²) in [6.07, 6.45) is 0.967. The lowest BCUT2D eigenvalue weighted by Gasteiger charge is -2.10. The van der Waals surface area contributed by atoms with E-state index in [0.717, 1.165) is 28.8 Å². The second-order valence-electron chi connectivity index (χ2n) is 4.62. The molecule has 2 rings (SSSR count). The molecule has 0 atom stereocenters. The third-order valence-electron chi connectivity index (χ3n) is 2.72. The molecule has 102 valence electrons. The summed E-state index contributed by atoms with van der Waals surface area (Å²) < 4.78 is 6.64. The number of benzene rings is 1. The van der Waals surface area contributed by atoms with E-state index < -0.39 is 5.97 Å². The minimum Gasteiger partial charge on any atom is -0.494 e. The van der Waals surface area contributed by atoms with Gasteiger partial charge in [0.15, 0.2) is 0 Å². The van der Waals surface area contributed by atoms with Gasteiger partial charge in [0, 0.05) is 11.2 Å². The molecule has 0 bridgehead atoms. The van der Waals surface area contributed by atoms with Crippen molar-refractivity contribution >= 4 is 27.4 Å². The second kappa shape index (κ2) is 6.04. The van der Waals surface area contributed by atoms with Gasteiger partial charge in [0.25, 0.3) is 0 Å². The second-order valence-corrected chi connectivity index (χ2v) is 5.70. The summed E-state index contributed by atoms with van der Waals surface area (Å²) in [5, 5.41) is 9.88. The monoisotopic (exact) mass is 279 g/mol. The summed E-state index contributed by atoms with van der Waals surface area (Å²) in [7, 11) is 4.07. The summed E-state index contributed by atoms with van der Waals surface area (Å²) in [4.78, 5) is 13.4. The number of hydrogen-bond acceptors (Lipinski definition) is 4. The Balaban J connectivity index is 2.02. The number of aromatic carboxylic acids is 1. The smallest absolute Gasteiger partial charge is 0.345 e. The van der Waals surface area contributed by atoms with Crippen molar-refractivity contribution in [2.45, 2.75) is 6.42 Å². The topological polar surface area (TPSA) is 49.8 Å². The molecule has 2 aromatic rings. The van der Waals surface area contributed by atoms with Gasteiger partial charge in [-0.05, 0) is 50.2 Å². The highest BCUT2D eigenvalue weighted by Gasteiger charge is 2.08. The number of carboxylic acid groups (broad SMARTS) is 1. The standard InChI is InChI=1S/C14H17NO3S/c1-15(2)6-3-7-18-11-4-5-12-10(8-11)9-13(19-12)14(16)17/h4-5,8-9H,3,6-7H2,1-2H3,(H,16,17). The Kier molecular flexibility index (Phi) is 4.39. The molecule has 19 heavy (non-hydrogen) atoms. The fourth-order valence-corrected chi connectivity index (χ4v) is 2.67. The molecule has 1 aromatic carbocycles. The fourth-order valence-electron chi connectivity index (χ4n) is 1.79. The highest BCUT2D eigenvalue weighted by Crippen LogP contribution is 2.29. The molecule has 1 heterocycles. The van der Waals surface area contributed by atoms with Gasteiger partial charge in [0.2, 0.25) is 0 Å². The van der Waals surface area contributed by atoms with E-state index >= 15 is 0 Å². The molecule has 0 fully saturated rings. The van der Waals surface area contributed by atoms with Crippen molar-refractivity contribution in [1.29, 1.82) is 0 Å². The van der Waals surface area contributed by atoms with Gasteiger partial charge in [-0.1, -0.05) is 0 Å². The maximum absolute atomic E-state index is 10.9. The van der Waals surface area contributed by atoms with Gasteiger partial charge in [-0.25, -0.2) is 4.79 Å². The SMILES string of the molecule is CN(C)CCCOc1ccc2sc(C(=O)O)cc2c1. The van der Waals surface area contributed by atoms with E-state index in [4.69, 9.17) is 9.84 Å². The normalized spacial score (nSPS) is 11.1. The number of carbonyl (C=O) groups is 1. The van der Waals surface area contributed by atoms with Crippen LogP contribution in [0.25, 0.3) is 10.1 Å². The lowest BCUT2D eigenvalue weighted by molar-refractivity contribution is 0.0702. The first-order valence-electron chi connectivity index (χ1n) is 6.10. The van der Waals surface area contributed by atoms with Crippen LogP contribution in [0.5, 0.6) is 5.75 Å². The summed E-state index contributed by atoms with van der Waals surface area (Å²) in [5.41, 5.74) is 0. The van der Waals surface area contributed by atoms with E-state index in [1.807, 2.05) is 32.3 Å². The van der Waals surface area contributed by atoms with Gasteiger partial charge in [0.05, 0.1) is 6.61 Å². The average molecular weight is 279 g/mol. The summed E-state index contributed by atoms with van der Waals surface area (Å²) in [6.45, 7) is 1.66. The molecule has 0 saturated carbocycles. The highest BCUT2D eigenvalue weighted by atomic mass is 32.1. The Labute approximate surface area is 116 Å². The lowest BCUT2D eigenvalue weighted by atomic mass is 10.2. The number of rotatable bonds is 6. The third-order valence-corrected chi connectivity index (χ3v) is 3.82. The molecule has 0 spiro atoms. The highest BCUT2D eigenvalue weighted by molar-refractivity contribution is 7.20. The Morgan fingerprint density at radius 3 is 2.84 bits per heavy atom. The van der Waals surface area contributed by atoms with Gasteiger partial charge in [0.1, 0.15) is 10.6 Å². The molecular weight excluding hydrogens is 262 g/mol. The summed E-state index contributed by atoms with van der Waals surface area (Å²) in [5.74, 6) is -0.0874. The number of nitrogens with zero attached hydrogens (tertiary/aromatic N) is 1. The van der Waals surface area contributed by atoms with Gasteiger partial charge < -0.3 is 14.7 Å². The van der Waals surface area contributed by atoms with Gasteiger partial charge in [-0.15, -0.1) is 11.3 Å². The quantitative estimate of drug-likeness (QED) is 0.826. The van der Waals surface area contributed by atoms with Crippen molar-refractivity contribution in [2.24, 2.45) is 0 Å². The van der Waals surface area contributed by atoms with Crippen LogP contribution >= 0.6 is 11.3 Å². The Morgan fingerprint density at radius 1 is 1.37 bits per heavy atom. The molecular formula is C14H17NO3S. The zero-order chi connectivity index (χ0) is 13.8. The predicted octanol–water partition coefficient (Wildman–Crippen LogP) is 2.93. The minimum absolute atomic E-state index is 0.361. The van der Waals surface area contributed by atoms with Crippen LogP contribution in [0, 0.1) is 0 Å². The lowest BCUT2D eigenvalue weighted by Crippen LogP contribution is -2.15. The molecule has 4 nitrogen and oxygen atoms in total. The van der Waals surface area contributed by atoms with Crippen LogP contribution in [-0.4, -0.2) is 43.2 Å². The minimum atomic E-state index is -0.880. The number of thiophene rings is 1. The average Bonchev–Trinajstić information content (AvgIpc) is 2.77.